The van der Waals surface area contributed by atoms with Crippen LogP contribution in [0.4, 0.5) is 11.4 Å². The Morgan fingerprint density at radius 1 is 1.07 bits per heavy atom. The van der Waals surface area contributed by atoms with Gasteiger partial charge in [-0.2, -0.15) is 0 Å². The summed E-state index contributed by atoms with van der Waals surface area (Å²) in [4.78, 5) is 37.7. The van der Waals surface area contributed by atoms with Crippen molar-refractivity contribution in [2.45, 2.75) is 12.8 Å². The molecule has 140 valence electrons. The number of amides is 2. The fourth-order valence-electron chi connectivity index (χ4n) is 2.79. The number of morpholine rings is 1. The molecule has 0 unspecified atom stereocenters. The first kappa shape index (κ1) is 19.1. The maximum Gasteiger partial charge on any atom is 0.253 e. The summed E-state index contributed by atoms with van der Waals surface area (Å²) in [5.74, 6) is -0.515. The summed E-state index contributed by atoms with van der Waals surface area (Å²) in [5, 5.41) is 3.14. The second-order valence-electron chi connectivity index (χ2n) is 6.10. The molecular weight excluding hydrogens is 368 g/mol. The zero-order valence-corrected chi connectivity index (χ0v) is 15.4. The minimum atomic E-state index is -0.259. The monoisotopic (exact) mass is 386 g/mol. The second kappa shape index (κ2) is 8.79. The van der Waals surface area contributed by atoms with Crippen molar-refractivity contribution in [2.24, 2.45) is 0 Å². The molecule has 1 aliphatic rings. The van der Waals surface area contributed by atoms with Gasteiger partial charge in [-0.25, -0.2) is 0 Å². The molecule has 0 radical (unpaired) electrons. The van der Waals surface area contributed by atoms with Crippen LogP contribution in [0.5, 0.6) is 0 Å². The Hall–Kier alpha value is -2.70. The van der Waals surface area contributed by atoms with E-state index in [-0.39, 0.29) is 37.0 Å². The molecule has 0 aromatic heterocycles. The van der Waals surface area contributed by atoms with Gasteiger partial charge in [0, 0.05) is 36.3 Å². The third-order valence-corrected chi connectivity index (χ3v) is 4.53. The van der Waals surface area contributed by atoms with E-state index in [9.17, 15) is 14.4 Å². The smallest absolute Gasteiger partial charge is 0.253 e. The summed E-state index contributed by atoms with van der Waals surface area (Å²) in [6.07, 6.45) is 0.143. The predicted octanol–water partition coefficient (Wildman–Crippen LogP) is 3.30. The summed E-state index contributed by atoms with van der Waals surface area (Å²) < 4.78 is 5.11. The minimum absolute atomic E-state index is 0.0633. The number of ether oxygens (including phenoxy) is 1. The lowest BCUT2D eigenvalue weighted by Crippen LogP contribution is -2.41. The number of hydrogen-bond acceptors (Lipinski definition) is 4. The molecule has 6 nitrogen and oxygen atoms in total. The standard InChI is InChI=1S/C20H19ClN2O4/c21-17-4-2-1-3-16(17)18(24)9-10-19(25)22-14-5-7-15(8-6-14)23-11-12-27-13-20(23)26/h1-8H,9-13H2,(H,22,25). The van der Waals surface area contributed by atoms with Crippen LogP contribution >= 0.6 is 11.6 Å². The van der Waals surface area contributed by atoms with Crippen molar-refractivity contribution in [2.75, 3.05) is 30.0 Å². The van der Waals surface area contributed by atoms with Crippen LogP contribution in [0.15, 0.2) is 48.5 Å². The quantitative estimate of drug-likeness (QED) is 0.773. The van der Waals surface area contributed by atoms with Gasteiger partial charge in [-0.3, -0.25) is 14.4 Å². The van der Waals surface area contributed by atoms with Gasteiger partial charge >= 0.3 is 0 Å². The normalized spacial score (nSPS) is 14.1. The topological polar surface area (TPSA) is 75.7 Å². The second-order valence-corrected chi connectivity index (χ2v) is 6.50. The molecule has 0 saturated carbocycles. The summed E-state index contributed by atoms with van der Waals surface area (Å²) in [6, 6.07) is 13.8. The number of anilines is 2. The maximum atomic E-state index is 12.2. The van der Waals surface area contributed by atoms with E-state index in [1.54, 1.807) is 53.4 Å². The molecule has 27 heavy (non-hydrogen) atoms. The Balaban J connectivity index is 1.53. The molecule has 1 aliphatic heterocycles. The van der Waals surface area contributed by atoms with Crippen LogP contribution in [0.1, 0.15) is 23.2 Å². The molecule has 1 N–H and O–H groups in total. The van der Waals surface area contributed by atoms with E-state index in [0.717, 1.165) is 5.69 Å². The third-order valence-electron chi connectivity index (χ3n) is 4.20. The zero-order valence-electron chi connectivity index (χ0n) is 14.6. The molecule has 1 fully saturated rings. The Labute approximate surface area is 162 Å². The molecule has 0 bridgehead atoms. The van der Waals surface area contributed by atoms with Gasteiger partial charge in [0.1, 0.15) is 6.61 Å². The Morgan fingerprint density at radius 2 is 1.81 bits per heavy atom. The third kappa shape index (κ3) is 4.93. The summed E-state index contributed by atoms with van der Waals surface area (Å²) in [7, 11) is 0. The first-order valence-electron chi connectivity index (χ1n) is 8.60. The van der Waals surface area contributed by atoms with Crippen molar-refractivity contribution in [1.29, 1.82) is 0 Å². The minimum Gasteiger partial charge on any atom is -0.370 e. The molecule has 1 heterocycles. The first-order chi connectivity index (χ1) is 13.0. The molecule has 0 aliphatic carbocycles. The van der Waals surface area contributed by atoms with Crippen molar-refractivity contribution < 1.29 is 19.1 Å². The molecule has 7 heteroatoms. The highest BCUT2D eigenvalue weighted by Crippen LogP contribution is 2.20. The molecule has 3 rings (SSSR count). The summed E-state index contributed by atoms with van der Waals surface area (Å²) >= 11 is 6.00. The SMILES string of the molecule is O=C(CCC(=O)c1ccccc1Cl)Nc1ccc(N2CCOCC2=O)cc1. The number of nitrogens with one attached hydrogen (secondary N) is 1. The highest BCUT2D eigenvalue weighted by Gasteiger charge is 2.20. The number of benzene rings is 2. The van der Waals surface area contributed by atoms with Crippen LogP contribution in [0.25, 0.3) is 0 Å². The van der Waals surface area contributed by atoms with Crippen molar-refractivity contribution in [1.82, 2.24) is 0 Å². The molecular formula is C20H19ClN2O4. The van der Waals surface area contributed by atoms with Crippen molar-refractivity contribution >= 4 is 40.6 Å². The van der Waals surface area contributed by atoms with Gasteiger partial charge in [-0.05, 0) is 36.4 Å². The molecule has 2 aromatic carbocycles. The van der Waals surface area contributed by atoms with E-state index in [1.807, 2.05) is 0 Å². The van der Waals surface area contributed by atoms with Gasteiger partial charge in [-0.15, -0.1) is 0 Å². The van der Waals surface area contributed by atoms with Gasteiger partial charge < -0.3 is 15.0 Å². The number of halogens is 1. The molecule has 2 aromatic rings. The van der Waals surface area contributed by atoms with Gasteiger partial charge in [0.05, 0.1) is 11.6 Å². The fourth-order valence-corrected chi connectivity index (χ4v) is 3.03. The number of ketones is 1. The lowest BCUT2D eigenvalue weighted by atomic mass is 10.1. The molecule has 1 saturated heterocycles. The maximum absolute atomic E-state index is 12.2. The van der Waals surface area contributed by atoms with Crippen LogP contribution in [-0.4, -0.2) is 37.4 Å². The lowest BCUT2D eigenvalue weighted by Gasteiger charge is -2.26. The van der Waals surface area contributed by atoms with Gasteiger partial charge in [-0.1, -0.05) is 23.7 Å². The van der Waals surface area contributed by atoms with E-state index < -0.39 is 0 Å². The Morgan fingerprint density at radius 3 is 2.52 bits per heavy atom. The number of carbonyl (C=O) groups excluding carboxylic acids is 3. The van der Waals surface area contributed by atoms with E-state index in [0.29, 0.717) is 29.4 Å². The van der Waals surface area contributed by atoms with E-state index in [4.69, 9.17) is 16.3 Å². The predicted molar refractivity (Wildman–Crippen MR) is 103 cm³/mol. The Bertz CT molecular complexity index is 851. The fraction of sp³-hybridized carbons (Fsp3) is 0.250. The van der Waals surface area contributed by atoms with E-state index in [1.165, 1.54) is 0 Å². The van der Waals surface area contributed by atoms with Crippen molar-refractivity contribution in [3.8, 4) is 0 Å². The van der Waals surface area contributed by atoms with Gasteiger partial charge in [0.15, 0.2) is 5.78 Å². The highest BCUT2D eigenvalue weighted by atomic mass is 35.5. The lowest BCUT2D eigenvalue weighted by molar-refractivity contribution is -0.125. The largest absolute Gasteiger partial charge is 0.370 e. The summed E-state index contributed by atoms with van der Waals surface area (Å²) in [6.45, 7) is 1.09. The number of nitrogens with zero attached hydrogens (tertiary/aromatic N) is 1. The molecule has 0 spiro atoms. The average molecular weight is 387 g/mol. The van der Waals surface area contributed by atoms with Crippen molar-refractivity contribution in [3.63, 3.8) is 0 Å². The van der Waals surface area contributed by atoms with Crippen LogP contribution in [0.3, 0.4) is 0 Å². The molecule has 0 atom stereocenters. The van der Waals surface area contributed by atoms with Gasteiger partial charge in [0.2, 0.25) is 5.91 Å². The number of carbonyl (C=O) groups is 3. The average Bonchev–Trinajstić information content (AvgIpc) is 2.68. The van der Waals surface area contributed by atoms with Crippen LogP contribution < -0.4 is 10.2 Å². The van der Waals surface area contributed by atoms with Gasteiger partial charge in [0.25, 0.3) is 5.91 Å². The molecule has 2 amide bonds. The van der Waals surface area contributed by atoms with E-state index >= 15 is 0 Å². The number of hydrogen-bond donors (Lipinski definition) is 1. The summed E-state index contributed by atoms with van der Waals surface area (Å²) in [5.41, 5.74) is 1.79. The number of rotatable bonds is 6. The zero-order chi connectivity index (χ0) is 19.2. The van der Waals surface area contributed by atoms with Crippen LogP contribution in [-0.2, 0) is 14.3 Å². The Kier molecular flexibility index (Phi) is 6.21. The van der Waals surface area contributed by atoms with Crippen molar-refractivity contribution in [3.05, 3.63) is 59.1 Å². The van der Waals surface area contributed by atoms with Crippen LogP contribution in [0.2, 0.25) is 5.02 Å². The first-order valence-corrected chi connectivity index (χ1v) is 8.98. The van der Waals surface area contributed by atoms with Crippen LogP contribution in [0, 0.1) is 0 Å². The number of Topliss-reactive ketones (excluding diaryl/α,β-unsaturated/α-hetero) is 1. The highest BCUT2D eigenvalue weighted by molar-refractivity contribution is 6.34. The van der Waals surface area contributed by atoms with E-state index in [2.05, 4.69) is 5.32 Å².